The smallest absolute Gasteiger partial charge is 0.341 e. The van der Waals surface area contributed by atoms with Crippen molar-refractivity contribution < 1.29 is 23.8 Å². The van der Waals surface area contributed by atoms with Crippen LogP contribution in [0.4, 0.5) is 0 Å². The standard InChI is InChI=1S/C12H16O5/c1-4-16-11(14)12-6-7(2)8(10(13)15-3)5-9(12)17-12/h5,7,9H,4,6H2,1-3H3/t7-,9+,12-/m1/s1. The Labute approximate surface area is 99.7 Å². The van der Waals surface area contributed by atoms with E-state index in [0.29, 0.717) is 18.6 Å². The zero-order valence-corrected chi connectivity index (χ0v) is 10.2. The van der Waals surface area contributed by atoms with Gasteiger partial charge >= 0.3 is 11.9 Å². The largest absolute Gasteiger partial charge is 0.466 e. The Morgan fingerprint density at radius 2 is 2.29 bits per heavy atom. The van der Waals surface area contributed by atoms with E-state index >= 15 is 0 Å². The van der Waals surface area contributed by atoms with Gasteiger partial charge in [0.2, 0.25) is 0 Å². The van der Waals surface area contributed by atoms with Crippen LogP contribution in [0.3, 0.4) is 0 Å². The summed E-state index contributed by atoms with van der Waals surface area (Å²) in [6.07, 6.45) is 1.81. The van der Waals surface area contributed by atoms with E-state index in [9.17, 15) is 9.59 Å². The lowest BCUT2D eigenvalue weighted by atomic mass is 9.82. The minimum atomic E-state index is -0.854. The fourth-order valence-corrected chi connectivity index (χ4v) is 2.31. The normalized spacial score (nSPS) is 34.4. The van der Waals surface area contributed by atoms with E-state index in [-0.39, 0.29) is 24.0 Å². The highest BCUT2D eigenvalue weighted by atomic mass is 16.7. The molecule has 0 bridgehead atoms. The number of esters is 2. The van der Waals surface area contributed by atoms with E-state index in [1.807, 2.05) is 6.92 Å². The fraction of sp³-hybridized carbons (Fsp3) is 0.667. The molecule has 2 rings (SSSR count). The van der Waals surface area contributed by atoms with Crippen molar-refractivity contribution in [2.75, 3.05) is 13.7 Å². The average Bonchev–Trinajstić information content (AvgIpc) is 3.01. The predicted octanol–water partition coefficient (Wildman–Crippen LogP) is 0.826. The lowest BCUT2D eigenvalue weighted by molar-refractivity contribution is -0.150. The first kappa shape index (κ1) is 12.1. The second-order valence-electron chi connectivity index (χ2n) is 4.37. The second-order valence-corrected chi connectivity index (χ2v) is 4.37. The van der Waals surface area contributed by atoms with Crippen LogP contribution in [-0.2, 0) is 23.8 Å². The van der Waals surface area contributed by atoms with Gasteiger partial charge in [0.1, 0.15) is 6.10 Å². The quantitative estimate of drug-likeness (QED) is 0.540. The van der Waals surface area contributed by atoms with Gasteiger partial charge < -0.3 is 14.2 Å². The molecule has 1 saturated heterocycles. The number of hydrogen-bond donors (Lipinski definition) is 0. The third kappa shape index (κ3) is 1.84. The minimum absolute atomic E-state index is 0.0643. The van der Waals surface area contributed by atoms with Crippen molar-refractivity contribution in [1.82, 2.24) is 0 Å². The van der Waals surface area contributed by atoms with Gasteiger partial charge in [0.05, 0.1) is 13.7 Å². The molecular formula is C12H16O5. The first-order valence-electron chi connectivity index (χ1n) is 5.70. The summed E-state index contributed by atoms with van der Waals surface area (Å²) >= 11 is 0. The van der Waals surface area contributed by atoms with Crippen molar-refractivity contribution in [3.63, 3.8) is 0 Å². The number of fused-ring (bicyclic) bond motifs is 1. The average molecular weight is 240 g/mol. The molecule has 0 saturated carbocycles. The molecule has 1 aliphatic heterocycles. The highest BCUT2D eigenvalue weighted by molar-refractivity contribution is 5.92. The molecule has 0 aromatic rings. The number of rotatable bonds is 3. The van der Waals surface area contributed by atoms with Gasteiger partial charge in [0.15, 0.2) is 5.60 Å². The number of ether oxygens (including phenoxy) is 3. The number of hydrogen-bond acceptors (Lipinski definition) is 5. The molecule has 5 nitrogen and oxygen atoms in total. The van der Waals surface area contributed by atoms with Crippen molar-refractivity contribution in [1.29, 1.82) is 0 Å². The van der Waals surface area contributed by atoms with Crippen LogP contribution >= 0.6 is 0 Å². The van der Waals surface area contributed by atoms with E-state index in [2.05, 4.69) is 4.74 Å². The molecule has 5 heteroatoms. The van der Waals surface area contributed by atoms with Gasteiger partial charge in [0.25, 0.3) is 0 Å². The molecule has 0 radical (unpaired) electrons. The Morgan fingerprint density at radius 3 is 2.88 bits per heavy atom. The van der Waals surface area contributed by atoms with Gasteiger partial charge in [-0.05, 0) is 25.3 Å². The molecule has 0 aromatic heterocycles. The van der Waals surface area contributed by atoms with Crippen LogP contribution in [0, 0.1) is 5.92 Å². The summed E-state index contributed by atoms with van der Waals surface area (Å²) in [6.45, 7) is 3.97. The maximum atomic E-state index is 11.8. The van der Waals surface area contributed by atoms with Crippen LogP contribution < -0.4 is 0 Å². The van der Waals surface area contributed by atoms with E-state index in [0.717, 1.165) is 0 Å². The van der Waals surface area contributed by atoms with Crippen molar-refractivity contribution in [2.45, 2.75) is 32.0 Å². The third-order valence-electron chi connectivity index (χ3n) is 3.25. The van der Waals surface area contributed by atoms with Crippen LogP contribution in [-0.4, -0.2) is 37.4 Å². The molecule has 1 aliphatic carbocycles. The third-order valence-corrected chi connectivity index (χ3v) is 3.25. The Hall–Kier alpha value is -1.36. The van der Waals surface area contributed by atoms with Crippen LogP contribution in [0.1, 0.15) is 20.3 Å². The maximum absolute atomic E-state index is 11.8. The lowest BCUT2D eigenvalue weighted by Crippen LogP contribution is -2.35. The molecule has 17 heavy (non-hydrogen) atoms. The van der Waals surface area contributed by atoms with Crippen molar-refractivity contribution in [3.05, 3.63) is 11.6 Å². The molecule has 0 N–H and O–H groups in total. The first-order chi connectivity index (χ1) is 8.05. The molecule has 1 heterocycles. The Kier molecular flexibility index (Phi) is 2.95. The summed E-state index contributed by atoms with van der Waals surface area (Å²) in [5.41, 5.74) is -0.276. The van der Waals surface area contributed by atoms with E-state index < -0.39 is 5.60 Å². The fourth-order valence-electron chi connectivity index (χ4n) is 2.31. The summed E-state index contributed by atoms with van der Waals surface area (Å²) < 4.78 is 15.1. The SMILES string of the molecule is CCOC(=O)[C@@]12C[C@@H](C)C(C(=O)OC)=C[C@@H]1O2. The molecular weight excluding hydrogens is 224 g/mol. The maximum Gasteiger partial charge on any atom is 0.341 e. The Morgan fingerprint density at radius 1 is 1.59 bits per heavy atom. The zero-order chi connectivity index (χ0) is 12.6. The number of carbonyl (C=O) groups is 2. The zero-order valence-electron chi connectivity index (χ0n) is 10.2. The van der Waals surface area contributed by atoms with Gasteiger partial charge in [-0.2, -0.15) is 0 Å². The van der Waals surface area contributed by atoms with Crippen LogP contribution in [0.25, 0.3) is 0 Å². The van der Waals surface area contributed by atoms with E-state index in [1.54, 1.807) is 13.0 Å². The summed E-state index contributed by atoms with van der Waals surface area (Å²) in [6, 6.07) is 0. The summed E-state index contributed by atoms with van der Waals surface area (Å²) in [7, 11) is 1.34. The molecule has 0 aromatic carbocycles. The van der Waals surface area contributed by atoms with Crippen molar-refractivity contribution in [3.8, 4) is 0 Å². The second kappa shape index (κ2) is 4.14. The predicted molar refractivity (Wildman–Crippen MR) is 58.1 cm³/mol. The molecule has 2 aliphatic rings. The number of epoxide rings is 1. The van der Waals surface area contributed by atoms with E-state index in [1.165, 1.54) is 7.11 Å². The van der Waals surface area contributed by atoms with E-state index in [4.69, 9.17) is 9.47 Å². The van der Waals surface area contributed by atoms with Gasteiger partial charge in [-0.25, -0.2) is 9.59 Å². The molecule has 0 spiro atoms. The van der Waals surface area contributed by atoms with Crippen LogP contribution in [0.15, 0.2) is 11.6 Å². The minimum Gasteiger partial charge on any atom is -0.466 e. The molecule has 1 fully saturated rings. The highest BCUT2D eigenvalue weighted by Gasteiger charge is 2.65. The molecule has 0 unspecified atom stereocenters. The Balaban J connectivity index is 2.15. The van der Waals surface area contributed by atoms with Crippen molar-refractivity contribution >= 4 is 11.9 Å². The molecule has 94 valence electrons. The summed E-state index contributed by atoms with van der Waals surface area (Å²) in [4.78, 5) is 23.2. The topological polar surface area (TPSA) is 65.1 Å². The molecule has 0 amide bonds. The number of methoxy groups -OCH3 is 1. The number of carbonyl (C=O) groups excluding carboxylic acids is 2. The first-order valence-corrected chi connectivity index (χ1v) is 5.70. The lowest BCUT2D eigenvalue weighted by Gasteiger charge is -2.21. The van der Waals surface area contributed by atoms with Crippen molar-refractivity contribution in [2.24, 2.45) is 5.92 Å². The highest BCUT2D eigenvalue weighted by Crippen LogP contribution is 2.49. The van der Waals surface area contributed by atoms with Crippen LogP contribution in [0.5, 0.6) is 0 Å². The van der Waals surface area contributed by atoms with Gasteiger partial charge in [-0.1, -0.05) is 6.92 Å². The van der Waals surface area contributed by atoms with Gasteiger partial charge in [0, 0.05) is 5.57 Å². The van der Waals surface area contributed by atoms with Gasteiger partial charge in [-0.15, -0.1) is 0 Å². The van der Waals surface area contributed by atoms with Gasteiger partial charge in [-0.3, -0.25) is 0 Å². The summed E-state index contributed by atoms with van der Waals surface area (Å²) in [5.74, 6) is -0.756. The summed E-state index contributed by atoms with van der Waals surface area (Å²) in [5, 5.41) is 0. The van der Waals surface area contributed by atoms with Crippen LogP contribution in [0.2, 0.25) is 0 Å². The monoisotopic (exact) mass is 240 g/mol. The Bertz CT molecular complexity index is 386. The molecule has 3 atom stereocenters.